The second-order valence-corrected chi connectivity index (χ2v) is 4.75. The second kappa shape index (κ2) is 5.02. The molecule has 0 N–H and O–H groups in total. The molecular weight excluding hydrogens is 294 g/mol. The van der Waals surface area contributed by atoms with Crippen LogP contribution in [0, 0.1) is 5.82 Å². The number of hydrogen-bond acceptors (Lipinski definition) is 1. The van der Waals surface area contributed by atoms with Crippen LogP contribution in [0.25, 0.3) is 0 Å². The molecule has 2 rings (SSSR count). The average Bonchev–Trinajstić information content (AvgIpc) is 2.65. The van der Waals surface area contributed by atoms with Crippen molar-refractivity contribution in [2.24, 2.45) is 0 Å². The van der Waals surface area contributed by atoms with Gasteiger partial charge in [0.25, 0.3) is 0 Å². The maximum atomic E-state index is 13.0. The molecule has 1 aromatic carbocycles. The van der Waals surface area contributed by atoms with Crippen molar-refractivity contribution < 1.29 is 8.81 Å². The lowest BCUT2D eigenvalue weighted by Crippen LogP contribution is -1.94. The first-order chi connectivity index (χ1) is 7.65. The minimum Gasteiger partial charge on any atom is -0.453 e. The third-order valence-electron chi connectivity index (χ3n) is 2.21. The quantitative estimate of drug-likeness (QED) is 0.749. The molecule has 0 bridgehead atoms. The van der Waals surface area contributed by atoms with Crippen molar-refractivity contribution in [3.05, 3.63) is 58.2 Å². The zero-order chi connectivity index (χ0) is 11.5. The Bertz CT molecular complexity index is 483. The summed E-state index contributed by atoms with van der Waals surface area (Å²) >= 11 is 9.38. The van der Waals surface area contributed by atoms with Gasteiger partial charge in [0, 0.05) is 0 Å². The molecule has 1 heterocycles. The summed E-state index contributed by atoms with van der Waals surface area (Å²) in [6.07, 6.45) is 0.541. The first kappa shape index (κ1) is 11.7. The summed E-state index contributed by atoms with van der Waals surface area (Å²) in [4.78, 5) is 0. The Morgan fingerprint density at radius 3 is 2.75 bits per heavy atom. The van der Waals surface area contributed by atoms with Gasteiger partial charge in [0.1, 0.15) is 11.6 Å². The predicted octanol–water partition coefficient (Wildman–Crippen LogP) is 4.70. The Morgan fingerprint density at radius 2 is 2.12 bits per heavy atom. The highest BCUT2D eigenvalue weighted by molar-refractivity contribution is 9.10. The molecule has 16 heavy (non-hydrogen) atoms. The van der Waals surface area contributed by atoms with E-state index in [1.165, 1.54) is 12.1 Å². The fourth-order valence-corrected chi connectivity index (χ4v) is 2.08. The van der Waals surface area contributed by atoms with E-state index in [1.807, 2.05) is 6.07 Å². The molecule has 0 amide bonds. The molecule has 4 heteroatoms. The van der Waals surface area contributed by atoms with Crippen molar-refractivity contribution in [2.45, 2.75) is 11.8 Å². The largest absolute Gasteiger partial charge is 0.453 e. The molecule has 1 nitrogen and oxygen atoms in total. The van der Waals surface area contributed by atoms with Gasteiger partial charge in [-0.15, -0.1) is 11.6 Å². The van der Waals surface area contributed by atoms with E-state index < -0.39 is 0 Å². The molecule has 0 aliphatic heterocycles. The molecule has 0 fully saturated rings. The summed E-state index contributed by atoms with van der Waals surface area (Å²) in [7, 11) is 0. The molecule has 0 saturated carbocycles. The molecule has 0 aliphatic rings. The zero-order valence-electron chi connectivity index (χ0n) is 8.29. The molecule has 1 unspecified atom stereocenters. The Morgan fingerprint density at radius 1 is 1.31 bits per heavy atom. The van der Waals surface area contributed by atoms with Crippen LogP contribution >= 0.6 is 27.5 Å². The normalized spacial score (nSPS) is 12.7. The van der Waals surface area contributed by atoms with Gasteiger partial charge in [-0.1, -0.05) is 12.1 Å². The van der Waals surface area contributed by atoms with E-state index in [4.69, 9.17) is 16.0 Å². The van der Waals surface area contributed by atoms with Crippen LogP contribution in [0.3, 0.4) is 0 Å². The van der Waals surface area contributed by atoms with E-state index in [2.05, 4.69) is 15.9 Å². The first-order valence-corrected chi connectivity index (χ1v) is 6.02. The van der Waals surface area contributed by atoms with E-state index in [9.17, 15) is 4.39 Å². The van der Waals surface area contributed by atoms with E-state index in [-0.39, 0.29) is 11.2 Å². The van der Waals surface area contributed by atoms with E-state index in [0.717, 1.165) is 5.56 Å². The van der Waals surface area contributed by atoms with Gasteiger partial charge in [0.15, 0.2) is 4.67 Å². The van der Waals surface area contributed by atoms with Crippen molar-refractivity contribution in [2.75, 3.05) is 0 Å². The molecule has 84 valence electrons. The van der Waals surface area contributed by atoms with Gasteiger partial charge >= 0.3 is 0 Å². The minimum atomic E-state index is -0.284. The maximum absolute atomic E-state index is 13.0. The van der Waals surface area contributed by atoms with Crippen LogP contribution in [-0.2, 0) is 6.42 Å². The summed E-state index contributed by atoms with van der Waals surface area (Å²) in [5.74, 6) is 0.430. The van der Waals surface area contributed by atoms with Gasteiger partial charge in [-0.2, -0.15) is 0 Å². The van der Waals surface area contributed by atoms with Crippen molar-refractivity contribution in [3.63, 3.8) is 0 Å². The van der Waals surface area contributed by atoms with Gasteiger partial charge in [-0.05, 0) is 52.2 Å². The molecular formula is C12H9BrClFO. The Kier molecular flexibility index (Phi) is 3.66. The van der Waals surface area contributed by atoms with Gasteiger partial charge in [0.05, 0.1) is 5.38 Å². The summed E-state index contributed by atoms with van der Waals surface area (Å²) in [6, 6.07) is 10.0. The Hall–Kier alpha value is -0.800. The van der Waals surface area contributed by atoms with Gasteiger partial charge in [0.2, 0.25) is 0 Å². The van der Waals surface area contributed by atoms with Crippen LogP contribution in [0.5, 0.6) is 0 Å². The molecule has 1 aromatic heterocycles. The average molecular weight is 304 g/mol. The third kappa shape index (κ3) is 2.86. The Balaban J connectivity index is 2.10. The fourth-order valence-electron chi connectivity index (χ4n) is 1.47. The van der Waals surface area contributed by atoms with Crippen LogP contribution in [0.15, 0.2) is 45.5 Å². The van der Waals surface area contributed by atoms with Crippen LogP contribution < -0.4 is 0 Å². The lowest BCUT2D eigenvalue weighted by Gasteiger charge is -2.06. The molecule has 0 spiro atoms. The molecule has 0 radical (unpaired) electrons. The van der Waals surface area contributed by atoms with Crippen molar-refractivity contribution >= 4 is 27.5 Å². The van der Waals surface area contributed by atoms with Gasteiger partial charge in [-0.25, -0.2) is 4.39 Å². The SMILES string of the molecule is Fc1cccc(CC(Cl)c2ccc(Br)o2)c1. The van der Waals surface area contributed by atoms with Crippen LogP contribution in [0.4, 0.5) is 4.39 Å². The zero-order valence-corrected chi connectivity index (χ0v) is 10.6. The first-order valence-electron chi connectivity index (χ1n) is 4.79. The smallest absolute Gasteiger partial charge is 0.169 e. The van der Waals surface area contributed by atoms with Crippen molar-refractivity contribution in [3.8, 4) is 0 Å². The van der Waals surface area contributed by atoms with Gasteiger partial charge in [-0.3, -0.25) is 0 Å². The molecule has 0 aliphatic carbocycles. The summed E-state index contributed by atoms with van der Waals surface area (Å²) in [5.41, 5.74) is 0.854. The molecule has 2 aromatic rings. The number of rotatable bonds is 3. The fraction of sp³-hybridized carbons (Fsp3) is 0.167. The molecule has 0 saturated heterocycles. The highest BCUT2D eigenvalue weighted by Crippen LogP contribution is 2.28. The number of alkyl halides is 1. The standard InChI is InChI=1S/C12H9BrClFO/c13-12-5-4-11(16-12)10(14)7-8-2-1-3-9(15)6-8/h1-6,10H,7H2. The van der Waals surface area contributed by atoms with Gasteiger partial charge < -0.3 is 4.42 Å². The molecule has 1 atom stereocenters. The Labute approximate surface area is 106 Å². The summed E-state index contributed by atoms with van der Waals surface area (Å²) in [6.45, 7) is 0. The van der Waals surface area contributed by atoms with E-state index >= 15 is 0 Å². The maximum Gasteiger partial charge on any atom is 0.169 e. The summed E-state index contributed by atoms with van der Waals surface area (Å²) < 4.78 is 18.9. The van der Waals surface area contributed by atoms with Crippen LogP contribution in [-0.4, -0.2) is 0 Å². The highest BCUT2D eigenvalue weighted by atomic mass is 79.9. The number of hydrogen-bond donors (Lipinski definition) is 0. The van der Waals surface area contributed by atoms with Crippen LogP contribution in [0.2, 0.25) is 0 Å². The van der Waals surface area contributed by atoms with Crippen LogP contribution in [0.1, 0.15) is 16.7 Å². The lowest BCUT2D eigenvalue weighted by molar-refractivity contribution is 0.481. The lowest BCUT2D eigenvalue weighted by atomic mass is 10.1. The minimum absolute atomic E-state index is 0.248. The third-order valence-corrected chi connectivity index (χ3v) is 3.00. The predicted molar refractivity (Wildman–Crippen MR) is 65.1 cm³/mol. The summed E-state index contributed by atoms with van der Waals surface area (Å²) in [5, 5.41) is -0.284. The van der Waals surface area contributed by atoms with Crippen molar-refractivity contribution in [1.82, 2.24) is 0 Å². The monoisotopic (exact) mass is 302 g/mol. The highest BCUT2D eigenvalue weighted by Gasteiger charge is 2.13. The van der Waals surface area contributed by atoms with E-state index in [1.54, 1.807) is 18.2 Å². The van der Waals surface area contributed by atoms with E-state index in [0.29, 0.717) is 16.9 Å². The topological polar surface area (TPSA) is 13.1 Å². The number of benzene rings is 1. The second-order valence-electron chi connectivity index (χ2n) is 3.44. The number of halogens is 3. The number of furan rings is 1. The van der Waals surface area contributed by atoms with Crippen molar-refractivity contribution in [1.29, 1.82) is 0 Å².